The Morgan fingerprint density at radius 3 is 3.09 bits per heavy atom. The average Bonchev–Trinajstić information content (AvgIpc) is 3.23. The smallest absolute Gasteiger partial charge is 0.269 e. The molecule has 124 valence electrons. The summed E-state index contributed by atoms with van der Waals surface area (Å²) < 4.78 is 7.72. The van der Waals surface area contributed by atoms with E-state index in [9.17, 15) is 4.79 Å². The topological polar surface area (TPSA) is 88.1 Å². The molecule has 1 aliphatic heterocycles. The van der Waals surface area contributed by atoms with Crippen molar-refractivity contribution in [2.24, 2.45) is 7.05 Å². The van der Waals surface area contributed by atoms with Gasteiger partial charge in [-0.2, -0.15) is 10.2 Å². The fourth-order valence-electron chi connectivity index (χ4n) is 3.00. The van der Waals surface area contributed by atoms with E-state index in [0.717, 1.165) is 18.7 Å². The van der Waals surface area contributed by atoms with Crippen LogP contribution in [0.3, 0.4) is 0 Å². The molecule has 3 heterocycles. The molecule has 0 unspecified atom stereocenters. The maximum absolute atomic E-state index is 12.1. The summed E-state index contributed by atoms with van der Waals surface area (Å²) in [5, 5.41) is 13.6. The minimum Gasteiger partial charge on any atom is -0.373 e. The fourth-order valence-corrected chi connectivity index (χ4v) is 3.00. The van der Waals surface area contributed by atoms with Gasteiger partial charge in [0, 0.05) is 38.1 Å². The first kappa shape index (κ1) is 15.7. The van der Waals surface area contributed by atoms with E-state index in [4.69, 9.17) is 4.74 Å². The number of nitrogens with one attached hydrogen (secondary N) is 2. The number of hydrogen-bond donors (Lipinski definition) is 2. The van der Waals surface area contributed by atoms with Gasteiger partial charge in [0.05, 0.1) is 24.9 Å². The normalized spacial score (nSPS) is 22.2. The summed E-state index contributed by atoms with van der Waals surface area (Å²) in [5.41, 5.74) is 1.56. The van der Waals surface area contributed by atoms with Gasteiger partial charge in [0.25, 0.3) is 5.91 Å². The molecule has 8 nitrogen and oxygen atoms in total. The van der Waals surface area contributed by atoms with E-state index in [-0.39, 0.29) is 18.1 Å². The van der Waals surface area contributed by atoms with Crippen LogP contribution < -0.4 is 5.32 Å². The molecule has 2 aromatic heterocycles. The molecule has 2 aromatic rings. The molecule has 2 N–H and O–H groups in total. The first-order valence-corrected chi connectivity index (χ1v) is 7.80. The number of carbonyl (C=O) groups excluding carboxylic acids is 1. The van der Waals surface area contributed by atoms with Crippen molar-refractivity contribution in [2.45, 2.75) is 19.1 Å². The van der Waals surface area contributed by atoms with Gasteiger partial charge in [-0.3, -0.25) is 19.5 Å². The van der Waals surface area contributed by atoms with Gasteiger partial charge in [-0.25, -0.2) is 0 Å². The Hall–Kier alpha value is -2.19. The van der Waals surface area contributed by atoms with E-state index in [0.29, 0.717) is 18.8 Å². The summed E-state index contributed by atoms with van der Waals surface area (Å²) in [5.74, 6) is -0.176. The predicted molar refractivity (Wildman–Crippen MR) is 83.9 cm³/mol. The number of nitrogens with zero attached hydrogens (tertiary/aromatic N) is 4. The zero-order chi connectivity index (χ0) is 16.2. The molecule has 23 heavy (non-hydrogen) atoms. The molecule has 1 fully saturated rings. The molecule has 8 heteroatoms. The number of carbonyl (C=O) groups is 1. The van der Waals surface area contributed by atoms with Crippen LogP contribution in [-0.2, 0) is 11.8 Å². The third-order valence-electron chi connectivity index (χ3n) is 4.14. The molecular weight excluding hydrogens is 296 g/mol. The second-order valence-corrected chi connectivity index (χ2v) is 5.61. The summed E-state index contributed by atoms with van der Waals surface area (Å²) in [6, 6.07) is 1.73. The van der Waals surface area contributed by atoms with Gasteiger partial charge in [-0.05, 0) is 12.6 Å². The van der Waals surface area contributed by atoms with Gasteiger partial charge in [0.2, 0.25) is 0 Å². The Labute approximate surface area is 134 Å². The lowest BCUT2D eigenvalue weighted by atomic mass is 10.0. The molecule has 0 bridgehead atoms. The molecule has 1 amide bonds. The lowest BCUT2D eigenvalue weighted by molar-refractivity contribution is -0.0685. The zero-order valence-corrected chi connectivity index (χ0v) is 13.4. The van der Waals surface area contributed by atoms with Gasteiger partial charge in [0.1, 0.15) is 5.69 Å². The molecule has 0 radical (unpaired) electrons. The van der Waals surface area contributed by atoms with E-state index in [2.05, 4.69) is 32.4 Å². The highest BCUT2D eigenvalue weighted by molar-refractivity contribution is 5.92. The van der Waals surface area contributed by atoms with E-state index in [1.807, 2.05) is 19.4 Å². The SMILES string of the molecule is CCN1CCO[C@@H](CNC(=O)c2ccn[nH]2)[C@@H]1c1cnn(C)c1. The van der Waals surface area contributed by atoms with Gasteiger partial charge in [-0.1, -0.05) is 6.92 Å². The van der Waals surface area contributed by atoms with Crippen LogP contribution in [-0.4, -0.2) is 63.1 Å². The van der Waals surface area contributed by atoms with Crippen LogP contribution in [0.1, 0.15) is 29.0 Å². The van der Waals surface area contributed by atoms with Crippen LogP contribution >= 0.6 is 0 Å². The third-order valence-corrected chi connectivity index (χ3v) is 4.14. The standard InChI is InChI=1S/C15H22N6O2/c1-3-21-6-7-23-13(14(21)11-8-18-20(2)10-11)9-16-15(22)12-4-5-17-19-12/h4-5,8,10,13-14H,3,6-7,9H2,1-2H3,(H,16,22)(H,17,19)/t13-,14-/m0/s1. The van der Waals surface area contributed by atoms with Crippen molar-refractivity contribution in [3.63, 3.8) is 0 Å². The van der Waals surface area contributed by atoms with Crippen LogP contribution in [0.5, 0.6) is 0 Å². The van der Waals surface area contributed by atoms with Crippen molar-refractivity contribution in [1.29, 1.82) is 0 Å². The Bertz CT molecular complexity index is 638. The molecule has 0 saturated carbocycles. The summed E-state index contributed by atoms with van der Waals surface area (Å²) in [6.07, 6.45) is 5.32. The lowest BCUT2D eigenvalue weighted by Gasteiger charge is -2.40. The highest BCUT2D eigenvalue weighted by Crippen LogP contribution is 2.28. The van der Waals surface area contributed by atoms with E-state index >= 15 is 0 Å². The number of ether oxygens (including phenoxy) is 1. The van der Waals surface area contributed by atoms with Crippen LogP contribution in [0.4, 0.5) is 0 Å². The van der Waals surface area contributed by atoms with E-state index in [1.165, 1.54) is 0 Å². The van der Waals surface area contributed by atoms with Crippen molar-refractivity contribution in [2.75, 3.05) is 26.2 Å². The monoisotopic (exact) mass is 318 g/mol. The summed E-state index contributed by atoms with van der Waals surface area (Å²) in [7, 11) is 1.90. The summed E-state index contributed by atoms with van der Waals surface area (Å²) in [4.78, 5) is 14.4. The zero-order valence-electron chi connectivity index (χ0n) is 13.4. The number of rotatable bonds is 5. The molecule has 3 rings (SSSR count). The molecule has 1 aliphatic rings. The lowest BCUT2D eigenvalue weighted by Crippen LogP contribution is -2.49. The first-order chi connectivity index (χ1) is 11.2. The number of aromatic amines is 1. The predicted octanol–water partition coefficient (Wildman–Crippen LogP) is 0.335. The van der Waals surface area contributed by atoms with Gasteiger partial charge >= 0.3 is 0 Å². The molecule has 0 aromatic carbocycles. The Kier molecular flexibility index (Phi) is 4.73. The van der Waals surface area contributed by atoms with Crippen molar-refractivity contribution in [3.05, 3.63) is 35.9 Å². The fraction of sp³-hybridized carbons (Fsp3) is 0.533. The van der Waals surface area contributed by atoms with Crippen LogP contribution in [0.2, 0.25) is 0 Å². The quantitative estimate of drug-likeness (QED) is 0.830. The average molecular weight is 318 g/mol. The summed E-state index contributed by atoms with van der Waals surface area (Å²) >= 11 is 0. The minimum atomic E-state index is -0.176. The van der Waals surface area contributed by atoms with Gasteiger partial charge < -0.3 is 10.1 Å². The van der Waals surface area contributed by atoms with E-state index in [1.54, 1.807) is 16.9 Å². The second-order valence-electron chi connectivity index (χ2n) is 5.61. The van der Waals surface area contributed by atoms with Crippen molar-refractivity contribution in [1.82, 2.24) is 30.2 Å². The molecular formula is C15H22N6O2. The largest absolute Gasteiger partial charge is 0.373 e. The maximum Gasteiger partial charge on any atom is 0.269 e. The number of hydrogen-bond acceptors (Lipinski definition) is 5. The van der Waals surface area contributed by atoms with E-state index < -0.39 is 0 Å². The Morgan fingerprint density at radius 1 is 1.57 bits per heavy atom. The number of amides is 1. The Balaban J connectivity index is 1.71. The van der Waals surface area contributed by atoms with Crippen LogP contribution in [0, 0.1) is 0 Å². The molecule has 2 atom stereocenters. The highest BCUT2D eigenvalue weighted by Gasteiger charge is 2.33. The van der Waals surface area contributed by atoms with Crippen LogP contribution in [0.25, 0.3) is 0 Å². The minimum absolute atomic E-state index is 0.0875. The van der Waals surface area contributed by atoms with Gasteiger partial charge in [0.15, 0.2) is 0 Å². The number of aryl methyl sites for hydroxylation is 1. The number of morpholine rings is 1. The van der Waals surface area contributed by atoms with Crippen molar-refractivity contribution < 1.29 is 9.53 Å². The third kappa shape index (κ3) is 3.43. The molecule has 0 aliphatic carbocycles. The number of likely N-dealkylation sites (N-methyl/N-ethyl adjacent to an activating group) is 1. The second kappa shape index (κ2) is 6.93. The number of H-pyrrole nitrogens is 1. The first-order valence-electron chi connectivity index (χ1n) is 7.80. The maximum atomic E-state index is 12.1. The number of aromatic nitrogens is 4. The molecule has 0 spiro atoms. The van der Waals surface area contributed by atoms with Crippen LogP contribution in [0.15, 0.2) is 24.7 Å². The molecule has 1 saturated heterocycles. The van der Waals surface area contributed by atoms with Crippen molar-refractivity contribution in [3.8, 4) is 0 Å². The van der Waals surface area contributed by atoms with Crippen molar-refractivity contribution >= 4 is 5.91 Å². The highest BCUT2D eigenvalue weighted by atomic mass is 16.5. The Morgan fingerprint density at radius 2 is 2.43 bits per heavy atom. The van der Waals surface area contributed by atoms with Gasteiger partial charge in [-0.15, -0.1) is 0 Å². The summed E-state index contributed by atoms with van der Waals surface area (Å²) in [6.45, 7) is 5.03.